The molecule has 2 aliphatic carbocycles. The van der Waals surface area contributed by atoms with Gasteiger partial charge in [0.05, 0.1) is 0 Å². The molecular weight excluding hydrogens is 444 g/mol. The molecule has 2 amide bonds. The summed E-state index contributed by atoms with van der Waals surface area (Å²) in [5, 5.41) is 14.9. The van der Waals surface area contributed by atoms with Crippen molar-refractivity contribution in [3.8, 4) is 11.1 Å². The Morgan fingerprint density at radius 2 is 1.66 bits per heavy atom. The molecule has 0 spiro atoms. The molecule has 0 heterocycles. The Morgan fingerprint density at radius 1 is 1.03 bits per heavy atom. The van der Waals surface area contributed by atoms with E-state index in [-0.39, 0.29) is 36.8 Å². The maximum atomic E-state index is 12.6. The Labute approximate surface area is 205 Å². The van der Waals surface area contributed by atoms with Gasteiger partial charge in [-0.3, -0.25) is 4.79 Å². The second-order valence-corrected chi connectivity index (χ2v) is 9.59. The van der Waals surface area contributed by atoms with Crippen molar-refractivity contribution >= 4 is 18.0 Å². The van der Waals surface area contributed by atoms with Crippen molar-refractivity contribution in [1.82, 2.24) is 10.6 Å². The van der Waals surface area contributed by atoms with Gasteiger partial charge in [-0.05, 0) is 61.8 Å². The smallest absolute Gasteiger partial charge is 0.407 e. The number of alkyl carbamates (subject to hydrolysis) is 1. The Hall–Kier alpha value is -3.61. The van der Waals surface area contributed by atoms with E-state index in [1.807, 2.05) is 38.1 Å². The van der Waals surface area contributed by atoms with Gasteiger partial charge in [0.15, 0.2) is 0 Å². The predicted octanol–water partition coefficient (Wildman–Crippen LogP) is 4.62. The van der Waals surface area contributed by atoms with Crippen molar-refractivity contribution in [2.75, 3.05) is 6.61 Å². The average Bonchev–Trinajstić information content (AvgIpc) is 3.43. The number of amides is 2. The summed E-state index contributed by atoms with van der Waals surface area (Å²) in [6.07, 6.45) is 3.26. The van der Waals surface area contributed by atoms with Crippen molar-refractivity contribution in [1.29, 1.82) is 0 Å². The number of carboxylic acid groups (broad SMARTS) is 1. The number of carbonyl (C=O) groups is 3. The molecule has 7 heteroatoms. The zero-order valence-corrected chi connectivity index (χ0v) is 20.1. The van der Waals surface area contributed by atoms with Crippen LogP contribution in [0.15, 0.2) is 60.2 Å². The van der Waals surface area contributed by atoms with Gasteiger partial charge in [0.1, 0.15) is 12.6 Å². The summed E-state index contributed by atoms with van der Waals surface area (Å²) in [5.74, 6) is -1.68. The lowest BCUT2D eigenvalue weighted by Gasteiger charge is -2.18. The summed E-state index contributed by atoms with van der Waals surface area (Å²) in [5.41, 5.74) is 5.65. The second-order valence-electron chi connectivity index (χ2n) is 9.59. The molecule has 1 saturated carbocycles. The summed E-state index contributed by atoms with van der Waals surface area (Å²) < 4.78 is 5.61. The van der Waals surface area contributed by atoms with Gasteiger partial charge < -0.3 is 20.5 Å². The normalized spacial score (nSPS) is 19.3. The number of nitrogens with one attached hydrogen (secondary N) is 2. The van der Waals surface area contributed by atoms with Gasteiger partial charge in [0.25, 0.3) is 0 Å². The number of carboxylic acids is 1. The summed E-state index contributed by atoms with van der Waals surface area (Å²) >= 11 is 0. The van der Waals surface area contributed by atoms with Crippen LogP contribution in [0, 0.1) is 5.92 Å². The molecule has 35 heavy (non-hydrogen) atoms. The van der Waals surface area contributed by atoms with E-state index in [9.17, 15) is 19.5 Å². The minimum Gasteiger partial charge on any atom is -0.480 e. The number of fused-ring (bicyclic) bond motifs is 3. The Balaban J connectivity index is 1.28. The lowest BCUT2D eigenvalue weighted by molar-refractivity contribution is -0.142. The van der Waals surface area contributed by atoms with Crippen LogP contribution in [-0.4, -0.2) is 41.8 Å². The number of hydrogen-bond donors (Lipinski definition) is 3. The predicted molar refractivity (Wildman–Crippen MR) is 133 cm³/mol. The molecule has 7 nitrogen and oxygen atoms in total. The van der Waals surface area contributed by atoms with E-state index in [0.29, 0.717) is 19.3 Å². The zero-order chi connectivity index (χ0) is 24.9. The fourth-order valence-corrected chi connectivity index (χ4v) is 5.02. The lowest BCUT2D eigenvalue weighted by atomic mass is 9.98. The second kappa shape index (κ2) is 10.8. The van der Waals surface area contributed by atoms with Crippen molar-refractivity contribution < 1.29 is 24.2 Å². The molecule has 4 rings (SSSR count). The van der Waals surface area contributed by atoms with Gasteiger partial charge in [-0.2, -0.15) is 0 Å². The molecule has 0 aromatic heterocycles. The third-order valence-corrected chi connectivity index (χ3v) is 6.85. The first-order valence-corrected chi connectivity index (χ1v) is 12.1. The summed E-state index contributed by atoms with van der Waals surface area (Å²) in [6.45, 7) is 4.01. The molecule has 2 aliphatic rings. The number of benzene rings is 2. The topological polar surface area (TPSA) is 105 Å². The van der Waals surface area contributed by atoms with E-state index in [4.69, 9.17) is 4.74 Å². The van der Waals surface area contributed by atoms with Crippen molar-refractivity contribution in [2.24, 2.45) is 5.92 Å². The first-order chi connectivity index (χ1) is 16.8. The van der Waals surface area contributed by atoms with Crippen LogP contribution in [0.5, 0.6) is 0 Å². The van der Waals surface area contributed by atoms with Crippen LogP contribution >= 0.6 is 0 Å². The van der Waals surface area contributed by atoms with Crippen LogP contribution < -0.4 is 10.6 Å². The number of rotatable bonds is 8. The highest BCUT2D eigenvalue weighted by molar-refractivity contribution is 5.85. The fraction of sp³-hybridized carbons (Fsp3) is 0.393. The molecule has 184 valence electrons. The average molecular weight is 477 g/mol. The standard InChI is InChI=1S/C28H32N2O5/c1-17(2)11-14-25(27(32)33)30-26(31)18-12-13-19(15-18)29-28(34)35-16-24-22-9-5-3-7-20(22)21-8-4-6-10-23(21)24/h3-11,18-19,24-25H,12-16H2,1-2H3,(H,29,34)(H,30,31)(H,32,33). The molecule has 0 radical (unpaired) electrons. The van der Waals surface area contributed by atoms with Crippen LogP contribution in [0.1, 0.15) is 56.6 Å². The zero-order valence-electron chi connectivity index (χ0n) is 20.1. The molecule has 3 atom stereocenters. The quantitative estimate of drug-likeness (QED) is 0.482. The number of hydrogen-bond acceptors (Lipinski definition) is 4. The van der Waals surface area contributed by atoms with Gasteiger partial charge in [-0.1, -0.05) is 60.2 Å². The molecule has 2 aromatic carbocycles. The maximum absolute atomic E-state index is 12.6. The Morgan fingerprint density at radius 3 is 2.26 bits per heavy atom. The third-order valence-electron chi connectivity index (χ3n) is 6.85. The van der Waals surface area contributed by atoms with Gasteiger partial charge in [-0.25, -0.2) is 9.59 Å². The van der Waals surface area contributed by atoms with E-state index in [1.165, 1.54) is 11.1 Å². The van der Waals surface area contributed by atoms with E-state index < -0.39 is 18.1 Å². The molecule has 0 aliphatic heterocycles. The van der Waals surface area contributed by atoms with E-state index in [1.54, 1.807) is 6.08 Å². The molecule has 0 saturated heterocycles. The fourth-order valence-electron chi connectivity index (χ4n) is 5.02. The molecular formula is C28H32N2O5. The number of allylic oxidation sites excluding steroid dienone is 1. The van der Waals surface area contributed by atoms with E-state index >= 15 is 0 Å². The Bertz CT molecular complexity index is 1090. The molecule has 3 unspecified atom stereocenters. The summed E-state index contributed by atoms with van der Waals surface area (Å²) in [6, 6.07) is 15.2. The molecule has 3 N–H and O–H groups in total. The van der Waals surface area contributed by atoms with Crippen LogP contribution in [-0.2, 0) is 14.3 Å². The van der Waals surface area contributed by atoms with Crippen LogP contribution in [0.4, 0.5) is 4.79 Å². The Kier molecular flexibility index (Phi) is 7.54. The van der Waals surface area contributed by atoms with Gasteiger partial charge in [0.2, 0.25) is 5.91 Å². The SMILES string of the molecule is CC(C)=CCC(NC(=O)C1CCC(NC(=O)OCC2c3ccccc3-c3ccccc32)C1)C(=O)O. The largest absolute Gasteiger partial charge is 0.480 e. The first kappa shape index (κ1) is 24.5. The lowest BCUT2D eigenvalue weighted by Crippen LogP contribution is -2.43. The van der Waals surface area contributed by atoms with Crippen LogP contribution in [0.2, 0.25) is 0 Å². The molecule has 1 fully saturated rings. The summed E-state index contributed by atoms with van der Waals surface area (Å²) in [7, 11) is 0. The van der Waals surface area contributed by atoms with Gasteiger partial charge in [0, 0.05) is 17.9 Å². The maximum Gasteiger partial charge on any atom is 0.407 e. The molecule has 0 bridgehead atoms. The molecule has 2 aromatic rings. The van der Waals surface area contributed by atoms with Gasteiger partial charge in [-0.15, -0.1) is 0 Å². The third kappa shape index (κ3) is 5.73. The monoisotopic (exact) mass is 476 g/mol. The minimum atomic E-state index is -1.05. The highest BCUT2D eigenvalue weighted by atomic mass is 16.5. The van der Waals surface area contributed by atoms with E-state index in [0.717, 1.165) is 16.7 Å². The van der Waals surface area contributed by atoms with Crippen molar-refractivity contribution in [3.05, 3.63) is 71.3 Å². The van der Waals surface area contributed by atoms with Crippen molar-refractivity contribution in [2.45, 2.75) is 57.5 Å². The first-order valence-electron chi connectivity index (χ1n) is 12.1. The van der Waals surface area contributed by atoms with E-state index in [2.05, 4.69) is 34.9 Å². The van der Waals surface area contributed by atoms with Gasteiger partial charge >= 0.3 is 12.1 Å². The van der Waals surface area contributed by atoms with Crippen LogP contribution in [0.25, 0.3) is 11.1 Å². The van der Waals surface area contributed by atoms with Crippen molar-refractivity contribution in [3.63, 3.8) is 0 Å². The number of ether oxygens (including phenoxy) is 1. The summed E-state index contributed by atoms with van der Waals surface area (Å²) in [4.78, 5) is 36.7. The number of carbonyl (C=O) groups excluding carboxylic acids is 2. The number of aliphatic carboxylic acids is 1. The highest BCUT2D eigenvalue weighted by Gasteiger charge is 2.34. The van der Waals surface area contributed by atoms with Crippen LogP contribution in [0.3, 0.4) is 0 Å². The minimum absolute atomic E-state index is 0.0102. The highest BCUT2D eigenvalue weighted by Crippen LogP contribution is 2.44.